The molecule has 2 fully saturated rings. The Morgan fingerprint density at radius 3 is 2.57 bits per heavy atom. The molecule has 0 bridgehead atoms. The first-order valence-corrected chi connectivity index (χ1v) is 7.20. The lowest BCUT2D eigenvalue weighted by molar-refractivity contribution is -0.143. The van der Waals surface area contributed by atoms with E-state index in [2.05, 4.69) is 15.5 Å². The number of aliphatic carboxylic acids is 1. The van der Waals surface area contributed by atoms with E-state index in [0.29, 0.717) is 37.7 Å². The summed E-state index contributed by atoms with van der Waals surface area (Å²) in [6.45, 7) is 1.44. The van der Waals surface area contributed by atoms with E-state index < -0.39 is 5.97 Å². The standard InChI is InChI=1S/C13H18N4O4/c18-10(7-17-5-3-9(4-6-17)12(19)20)14-13-16-15-11(21-13)8-1-2-8/h8-9H,1-7H2,(H,19,20)(H,14,16,18). The Morgan fingerprint density at radius 2 is 1.95 bits per heavy atom. The van der Waals surface area contributed by atoms with Gasteiger partial charge in [-0.15, -0.1) is 5.10 Å². The first-order valence-electron chi connectivity index (χ1n) is 7.20. The van der Waals surface area contributed by atoms with Gasteiger partial charge in [0.15, 0.2) is 0 Å². The van der Waals surface area contributed by atoms with E-state index in [1.54, 1.807) is 0 Å². The van der Waals surface area contributed by atoms with Crippen LogP contribution in [0.1, 0.15) is 37.5 Å². The second-order valence-electron chi connectivity index (χ2n) is 5.66. The van der Waals surface area contributed by atoms with Gasteiger partial charge in [-0.3, -0.25) is 19.8 Å². The highest BCUT2D eigenvalue weighted by molar-refractivity contribution is 5.90. The normalized spacial score (nSPS) is 20.4. The fourth-order valence-electron chi connectivity index (χ4n) is 2.48. The number of rotatable bonds is 5. The van der Waals surface area contributed by atoms with Crippen molar-refractivity contribution >= 4 is 17.9 Å². The van der Waals surface area contributed by atoms with E-state index in [0.717, 1.165) is 12.8 Å². The predicted molar refractivity (Wildman–Crippen MR) is 71.7 cm³/mol. The predicted octanol–water partition coefficient (Wildman–Crippen LogP) is 0.682. The van der Waals surface area contributed by atoms with Gasteiger partial charge in [0.05, 0.1) is 12.5 Å². The molecule has 1 aliphatic carbocycles. The second kappa shape index (κ2) is 5.80. The van der Waals surface area contributed by atoms with Crippen LogP contribution in [-0.4, -0.2) is 51.7 Å². The van der Waals surface area contributed by atoms with Gasteiger partial charge in [-0.1, -0.05) is 5.10 Å². The van der Waals surface area contributed by atoms with Crippen molar-refractivity contribution in [1.82, 2.24) is 15.1 Å². The van der Waals surface area contributed by atoms with Gasteiger partial charge >= 0.3 is 12.0 Å². The van der Waals surface area contributed by atoms with Gasteiger partial charge in [0, 0.05) is 5.92 Å². The topological polar surface area (TPSA) is 109 Å². The average Bonchev–Trinajstić information content (AvgIpc) is 3.20. The molecule has 0 unspecified atom stereocenters. The maximum absolute atomic E-state index is 11.9. The molecule has 2 aliphatic rings. The maximum atomic E-state index is 11.9. The summed E-state index contributed by atoms with van der Waals surface area (Å²) in [5.74, 6) is -0.306. The lowest BCUT2D eigenvalue weighted by atomic mass is 9.97. The van der Waals surface area contributed by atoms with Crippen LogP contribution in [-0.2, 0) is 9.59 Å². The van der Waals surface area contributed by atoms with Crippen LogP contribution in [0, 0.1) is 5.92 Å². The van der Waals surface area contributed by atoms with Crippen molar-refractivity contribution in [3.8, 4) is 0 Å². The number of likely N-dealkylation sites (tertiary alicyclic amines) is 1. The smallest absolute Gasteiger partial charge is 0.322 e. The molecule has 3 rings (SSSR count). The van der Waals surface area contributed by atoms with Crippen molar-refractivity contribution in [2.75, 3.05) is 25.0 Å². The van der Waals surface area contributed by atoms with E-state index in [1.807, 2.05) is 4.90 Å². The highest BCUT2D eigenvalue weighted by atomic mass is 16.4. The summed E-state index contributed by atoms with van der Waals surface area (Å²) in [5, 5.41) is 19.2. The fraction of sp³-hybridized carbons (Fsp3) is 0.692. The fourth-order valence-corrected chi connectivity index (χ4v) is 2.48. The van der Waals surface area contributed by atoms with Crippen LogP contribution < -0.4 is 5.32 Å². The van der Waals surface area contributed by atoms with Crippen molar-refractivity contribution < 1.29 is 19.1 Å². The van der Waals surface area contributed by atoms with Crippen molar-refractivity contribution in [2.45, 2.75) is 31.6 Å². The van der Waals surface area contributed by atoms with Gasteiger partial charge in [0.1, 0.15) is 0 Å². The Morgan fingerprint density at radius 1 is 1.24 bits per heavy atom. The number of carboxylic acids is 1. The number of carbonyl (C=O) groups is 2. The van der Waals surface area contributed by atoms with Crippen LogP contribution in [0.5, 0.6) is 0 Å². The Hall–Kier alpha value is -1.96. The number of carbonyl (C=O) groups excluding carboxylic acids is 1. The molecule has 8 nitrogen and oxygen atoms in total. The molecular formula is C13H18N4O4. The zero-order valence-electron chi connectivity index (χ0n) is 11.6. The number of carboxylic acid groups (broad SMARTS) is 1. The highest BCUT2D eigenvalue weighted by Crippen LogP contribution is 2.39. The second-order valence-corrected chi connectivity index (χ2v) is 5.66. The van der Waals surface area contributed by atoms with E-state index in [4.69, 9.17) is 9.52 Å². The molecule has 1 amide bonds. The molecule has 2 heterocycles. The van der Waals surface area contributed by atoms with Crippen molar-refractivity contribution in [1.29, 1.82) is 0 Å². The molecule has 21 heavy (non-hydrogen) atoms. The van der Waals surface area contributed by atoms with Gasteiger partial charge in [-0.2, -0.15) is 0 Å². The number of nitrogens with zero attached hydrogens (tertiary/aromatic N) is 3. The minimum Gasteiger partial charge on any atom is -0.481 e. The lowest BCUT2D eigenvalue weighted by Gasteiger charge is -2.29. The Kier molecular flexibility index (Phi) is 3.87. The minimum absolute atomic E-state index is 0.141. The quantitative estimate of drug-likeness (QED) is 0.822. The summed E-state index contributed by atoms with van der Waals surface area (Å²) in [4.78, 5) is 24.7. The maximum Gasteiger partial charge on any atom is 0.322 e. The van der Waals surface area contributed by atoms with E-state index in [1.165, 1.54) is 0 Å². The Bertz CT molecular complexity index is 532. The van der Waals surface area contributed by atoms with Gasteiger partial charge in [0.25, 0.3) is 0 Å². The Labute approximate surface area is 121 Å². The first-order chi connectivity index (χ1) is 10.1. The summed E-state index contributed by atoms with van der Waals surface area (Å²) in [6.07, 6.45) is 3.28. The molecule has 1 aromatic rings. The third-order valence-electron chi connectivity index (χ3n) is 3.92. The van der Waals surface area contributed by atoms with Gasteiger partial charge in [-0.25, -0.2) is 0 Å². The average molecular weight is 294 g/mol. The van der Waals surface area contributed by atoms with Crippen molar-refractivity contribution in [3.05, 3.63) is 5.89 Å². The molecule has 0 aromatic carbocycles. The first kappa shape index (κ1) is 14.0. The number of hydrogen-bond donors (Lipinski definition) is 2. The number of aromatic nitrogens is 2. The van der Waals surface area contributed by atoms with Crippen molar-refractivity contribution in [2.24, 2.45) is 5.92 Å². The van der Waals surface area contributed by atoms with E-state index in [9.17, 15) is 9.59 Å². The van der Waals surface area contributed by atoms with Crippen LogP contribution in [0.4, 0.5) is 6.01 Å². The van der Waals surface area contributed by atoms with Crippen molar-refractivity contribution in [3.63, 3.8) is 0 Å². The zero-order chi connectivity index (χ0) is 14.8. The summed E-state index contributed by atoms with van der Waals surface area (Å²) < 4.78 is 5.37. The molecule has 0 atom stereocenters. The molecule has 1 aliphatic heterocycles. The van der Waals surface area contributed by atoms with Gasteiger partial charge in [-0.05, 0) is 38.8 Å². The SMILES string of the molecule is O=C(CN1CCC(C(=O)O)CC1)Nc1nnc(C2CC2)o1. The monoisotopic (exact) mass is 294 g/mol. The molecule has 1 saturated heterocycles. The minimum atomic E-state index is -0.752. The number of anilines is 1. The van der Waals surface area contributed by atoms with E-state index in [-0.39, 0.29) is 24.4 Å². The highest BCUT2D eigenvalue weighted by Gasteiger charge is 2.30. The number of nitrogens with one attached hydrogen (secondary N) is 1. The molecule has 1 saturated carbocycles. The molecular weight excluding hydrogens is 276 g/mol. The van der Waals surface area contributed by atoms with Crippen LogP contribution in [0.25, 0.3) is 0 Å². The van der Waals surface area contributed by atoms with Crippen LogP contribution in [0.3, 0.4) is 0 Å². The molecule has 114 valence electrons. The van der Waals surface area contributed by atoms with Gasteiger partial charge in [0.2, 0.25) is 11.8 Å². The summed E-state index contributed by atoms with van der Waals surface area (Å²) >= 11 is 0. The molecule has 0 radical (unpaired) electrons. The van der Waals surface area contributed by atoms with Crippen LogP contribution >= 0.6 is 0 Å². The van der Waals surface area contributed by atoms with E-state index >= 15 is 0 Å². The largest absolute Gasteiger partial charge is 0.481 e. The summed E-state index contributed by atoms with van der Waals surface area (Å²) in [6, 6.07) is 0.141. The van der Waals surface area contributed by atoms with Crippen LogP contribution in [0.15, 0.2) is 4.42 Å². The summed E-state index contributed by atoms with van der Waals surface area (Å²) in [7, 11) is 0. The number of amides is 1. The van der Waals surface area contributed by atoms with Crippen LogP contribution in [0.2, 0.25) is 0 Å². The number of hydrogen-bond acceptors (Lipinski definition) is 6. The van der Waals surface area contributed by atoms with Gasteiger partial charge < -0.3 is 9.52 Å². The molecule has 1 aromatic heterocycles. The Balaban J connectivity index is 1.44. The molecule has 2 N–H and O–H groups in total. The molecule has 8 heteroatoms. The number of piperidine rings is 1. The summed E-state index contributed by atoms with van der Waals surface area (Å²) in [5.41, 5.74) is 0. The zero-order valence-corrected chi connectivity index (χ0v) is 11.6. The third kappa shape index (κ3) is 3.57. The third-order valence-corrected chi connectivity index (χ3v) is 3.92. The lowest BCUT2D eigenvalue weighted by Crippen LogP contribution is -2.40. The molecule has 0 spiro atoms.